The fourth-order valence-electron chi connectivity index (χ4n) is 4.26. The number of anilines is 1. The molecule has 0 unspecified atom stereocenters. The summed E-state index contributed by atoms with van der Waals surface area (Å²) in [5.74, 6) is 0.499. The molecule has 1 amide bonds. The van der Waals surface area contributed by atoms with Gasteiger partial charge in [0.2, 0.25) is 5.91 Å². The zero-order chi connectivity index (χ0) is 21.4. The highest BCUT2D eigenvalue weighted by Crippen LogP contribution is 2.31. The van der Waals surface area contributed by atoms with Gasteiger partial charge in [-0.05, 0) is 49.9 Å². The number of aryl methyl sites for hydroxylation is 3. The fourth-order valence-corrected chi connectivity index (χ4v) is 5.19. The number of hydrogen-bond acceptors (Lipinski definition) is 4. The van der Waals surface area contributed by atoms with Gasteiger partial charge in [-0.1, -0.05) is 60.3 Å². The number of aromatic nitrogens is 3. The van der Waals surface area contributed by atoms with Crippen molar-refractivity contribution in [2.24, 2.45) is 0 Å². The number of carbonyl (C=O) groups is 1. The zero-order valence-electron chi connectivity index (χ0n) is 17.7. The molecule has 0 spiro atoms. The van der Waals surface area contributed by atoms with Crippen LogP contribution in [0, 0.1) is 13.8 Å². The fraction of sp³-hybridized carbons (Fsp3) is 0.240. The topological polar surface area (TPSA) is 50.5 Å². The van der Waals surface area contributed by atoms with E-state index in [0.717, 1.165) is 58.3 Å². The summed E-state index contributed by atoms with van der Waals surface area (Å²) in [5.41, 5.74) is 7.14. The van der Waals surface area contributed by atoms with Gasteiger partial charge < -0.3 is 4.90 Å². The summed E-state index contributed by atoms with van der Waals surface area (Å²) in [6, 6.07) is 20.5. The molecule has 1 aliphatic rings. The molecular formula is C25H24N4OS. The van der Waals surface area contributed by atoms with E-state index in [4.69, 9.17) is 10.1 Å². The Bertz CT molecular complexity index is 1270. The lowest BCUT2D eigenvalue weighted by atomic mass is 10.0. The summed E-state index contributed by atoms with van der Waals surface area (Å²) in [5, 5.41) is 5.70. The Kier molecular flexibility index (Phi) is 5.24. The van der Waals surface area contributed by atoms with Crippen LogP contribution in [0.25, 0.3) is 16.8 Å². The normalized spacial score (nSPS) is 13.4. The zero-order valence-corrected chi connectivity index (χ0v) is 18.5. The molecule has 0 radical (unpaired) electrons. The van der Waals surface area contributed by atoms with E-state index < -0.39 is 0 Å². The van der Waals surface area contributed by atoms with Crippen LogP contribution in [0.3, 0.4) is 0 Å². The molecule has 2 aromatic heterocycles. The minimum atomic E-state index is 0.131. The molecule has 0 atom stereocenters. The predicted molar refractivity (Wildman–Crippen MR) is 126 cm³/mol. The molecule has 156 valence electrons. The molecule has 0 bridgehead atoms. The van der Waals surface area contributed by atoms with Crippen LogP contribution in [-0.2, 0) is 11.2 Å². The number of carbonyl (C=O) groups excluding carboxylic acids is 1. The quantitative estimate of drug-likeness (QED) is 0.336. The lowest BCUT2D eigenvalue weighted by Gasteiger charge is -2.29. The SMILES string of the molecule is Cc1cc(SCC(=O)N2CCCc3ccccc32)n2nc(C)c(-c3ccccc3)c2n1. The number of nitrogens with zero attached hydrogens (tertiary/aromatic N) is 4. The smallest absolute Gasteiger partial charge is 0.237 e. The van der Waals surface area contributed by atoms with Crippen molar-refractivity contribution in [3.8, 4) is 11.1 Å². The summed E-state index contributed by atoms with van der Waals surface area (Å²) >= 11 is 1.53. The van der Waals surface area contributed by atoms with Crippen LogP contribution in [0.15, 0.2) is 65.7 Å². The summed E-state index contributed by atoms with van der Waals surface area (Å²) in [6.07, 6.45) is 2.04. The number of thioether (sulfide) groups is 1. The molecule has 5 nitrogen and oxygen atoms in total. The highest BCUT2D eigenvalue weighted by atomic mass is 32.2. The molecule has 0 aliphatic carbocycles. The molecule has 0 fully saturated rings. The van der Waals surface area contributed by atoms with E-state index in [-0.39, 0.29) is 5.91 Å². The summed E-state index contributed by atoms with van der Waals surface area (Å²) < 4.78 is 1.88. The second kappa shape index (κ2) is 8.19. The van der Waals surface area contributed by atoms with Gasteiger partial charge in [0.05, 0.1) is 11.4 Å². The highest BCUT2D eigenvalue weighted by Gasteiger charge is 2.23. The maximum atomic E-state index is 13.1. The first-order chi connectivity index (χ1) is 15.1. The van der Waals surface area contributed by atoms with E-state index >= 15 is 0 Å². The molecule has 6 heteroatoms. The average molecular weight is 429 g/mol. The Morgan fingerprint density at radius 2 is 1.84 bits per heavy atom. The third-order valence-electron chi connectivity index (χ3n) is 5.68. The van der Waals surface area contributed by atoms with Crippen molar-refractivity contribution in [1.29, 1.82) is 0 Å². The van der Waals surface area contributed by atoms with Gasteiger partial charge in [0.15, 0.2) is 5.65 Å². The second-order valence-corrected chi connectivity index (χ2v) is 8.86. The summed E-state index contributed by atoms with van der Waals surface area (Å²) in [4.78, 5) is 19.8. The van der Waals surface area contributed by atoms with Gasteiger partial charge in [0, 0.05) is 23.5 Å². The Morgan fingerprint density at radius 3 is 2.68 bits per heavy atom. The van der Waals surface area contributed by atoms with Crippen molar-refractivity contribution < 1.29 is 4.79 Å². The molecule has 31 heavy (non-hydrogen) atoms. The Morgan fingerprint density at radius 1 is 1.06 bits per heavy atom. The molecule has 0 N–H and O–H groups in total. The molecule has 0 saturated carbocycles. The number of amides is 1. The van der Waals surface area contributed by atoms with Crippen LogP contribution < -0.4 is 4.90 Å². The van der Waals surface area contributed by atoms with Crippen LogP contribution in [0.1, 0.15) is 23.4 Å². The van der Waals surface area contributed by atoms with Crippen LogP contribution in [0.5, 0.6) is 0 Å². The monoisotopic (exact) mass is 428 g/mol. The third-order valence-corrected chi connectivity index (χ3v) is 6.65. The first kappa shape index (κ1) is 19.8. The van der Waals surface area contributed by atoms with Gasteiger partial charge in [-0.15, -0.1) is 0 Å². The number of benzene rings is 2. The van der Waals surface area contributed by atoms with Gasteiger partial charge in [-0.3, -0.25) is 4.79 Å². The molecular weight excluding hydrogens is 404 g/mol. The maximum absolute atomic E-state index is 13.1. The summed E-state index contributed by atoms with van der Waals surface area (Å²) in [7, 11) is 0. The average Bonchev–Trinajstić information content (AvgIpc) is 3.13. The lowest BCUT2D eigenvalue weighted by Crippen LogP contribution is -2.36. The number of hydrogen-bond donors (Lipinski definition) is 0. The Labute approximate surface area is 186 Å². The largest absolute Gasteiger partial charge is 0.311 e. The van der Waals surface area contributed by atoms with E-state index in [1.54, 1.807) is 0 Å². The van der Waals surface area contributed by atoms with E-state index in [1.165, 1.54) is 17.3 Å². The van der Waals surface area contributed by atoms with Gasteiger partial charge in [-0.2, -0.15) is 5.10 Å². The lowest BCUT2D eigenvalue weighted by molar-refractivity contribution is -0.116. The van der Waals surface area contributed by atoms with Gasteiger partial charge >= 0.3 is 0 Å². The van der Waals surface area contributed by atoms with Crippen molar-refractivity contribution in [1.82, 2.24) is 14.6 Å². The first-order valence-electron chi connectivity index (χ1n) is 10.6. The van der Waals surface area contributed by atoms with E-state index in [1.807, 2.05) is 59.7 Å². The number of para-hydroxylation sites is 1. The Balaban J connectivity index is 1.45. The molecule has 5 rings (SSSR count). The van der Waals surface area contributed by atoms with Crippen molar-refractivity contribution in [2.75, 3.05) is 17.2 Å². The highest BCUT2D eigenvalue weighted by molar-refractivity contribution is 7.99. The number of fused-ring (bicyclic) bond motifs is 2. The Hall–Kier alpha value is -3.12. The molecule has 4 aromatic rings. The second-order valence-electron chi connectivity index (χ2n) is 7.86. The van der Waals surface area contributed by atoms with Gasteiger partial charge in [0.1, 0.15) is 5.03 Å². The standard InChI is InChI=1S/C25H24N4OS/c1-17-15-23(29-25(26-17)24(18(2)27-29)20-10-4-3-5-11-20)31-16-22(30)28-14-8-12-19-9-6-7-13-21(19)28/h3-7,9-11,13,15H,8,12,14,16H2,1-2H3. The van der Waals surface area contributed by atoms with Gasteiger partial charge in [0.25, 0.3) is 0 Å². The van der Waals surface area contributed by atoms with Crippen LogP contribution in [0.4, 0.5) is 5.69 Å². The third kappa shape index (κ3) is 3.72. The van der Waals surface area contributed by atoms with Crippen molar-refractivity contribution in [3.05, 3.63) is 77.6 Å². The molecule has 3 heterocycles. The minimum absolute atomic E-state index is 0.131. The maximum Gasteiger partial charge on any atom is 0.237 e. The van der Waals surface area contributed by atoms with Gasteiger partial charge in [-0.25, -0.2) is 9.50 Å². The van der Waals surface area contributed by atoms with Crippen LogP contribution in [0.2, 0.25) is 0 Å². The summed E-state index contributed by atoms with van der Waals surface area (Å²) in [6.45, 7) is 4.78. The van der Waals surface area contributed by atoms with Crippen molar-refractivity contribution >= 4 is 29.0 Å². The molecule has 0 saturated heterocycles. The first-order valence-corrected chi connectivity index (χ1v) is 11.5. The predicted octanol–water partition coefficient (Wildman–Crippen LogP) is 5.08. The van der Waals surface area contributed by atoms with E-state index in [0.29, 0.717) is 5.75 Å². The van der Waals surface area contributed by atoms with E-state index in [2.05, 4.69) is 24.3 Å². The minimum Gasteiger partial charge on any atom is -0.311 e. The number of rotatable bonds is 4. The van der Waals surface area contributed by atoms with Crippen molar-refractivity contribution in [2.45, 2.75) is 31.7 Å². The van der Waals surface area contributed by atoms with E-state index in [9.17, 15) is 4.79 Å². The van der Waals surface area contributed by atoms with Crippen molar-refractivity contribution in [3.63, 3.8) is 0 Å². The molecule has 2 aromatic carbocycles. The van der Waals surface area contributed by atoms with Crippen LogP contribution in [-0.4, -0.2) is 32.8 Å². The molecule has 1 aliphatic heterocycles. The van der Waals surface area contributed by atoms with Crippen LogP contribution >= 0.6 is 11.8 Å².